The number of nitrogens with zero attached hydrogens (tertiary/aromatic N) is 4. The largest absolute Gasteiger partial charge is 0.471 e. The highest BCUT2D eigenvalue weighted by atomic mass is 19.3. The minimum atomic E-state index is -3.16. The van der Waals surface area contributed by atoms with Crippen LogP contribution in [0.15, 0.2) is 46.6 Å². The lowest BCUT2D eigenvalue weighted by atomic mass is 10.2. The first-order chi connectivity index (χ1) is 13.9. The molecule has 0 spiro atoms. The zero-order valence-corrected chi connectivity index (χ0v) is 15.0. The summed E-state index contributed by atoms with van der Waals surface area (Å²) in [4.78, 5) is 9.96. The fraction of sp³-hybridized carbons (Fsp3) is 0.278. The Morgan fingerprint density at radius 3 is 2.72 bits per heavy atom. The van der Waals surface area contributed by atoms with Crippen molar-refractivity contribution in [3.63, 3.8) is 0 Å². The lowest BCUT2D eigenvalue weighted by Crippen LogP contribution is -2.48. The summed E-state index contributed by atoms with van der Waals surface area (Å²) in [6.07, 6.45) is 2.00. The van der Waals surface area contributed by atoms with Gasteiger partial charge in [-0.1, -0.05) is 0 Å². The summed E-state index contributed by atoms with van der Waals surface area (Å²) in [7, 11) is 0. The topological polar surface area (TPSA) is 85.3 Å². The molecule has 0 bridgehead atoms. The predicted octanol–water partition coefficient (Wildman–Crippen LogP) is 3.08. The summed E-state index contributed by atoms with van der Waals surface area (Å²) in [6.45, 7) is -2.54. The fourth-order valence-electron chi connectivity index (χ4n) is 2.44. The Balaban J connectivity index is 1.56. The number of aromatic nitrogens is 1. The van der Waals surface area contributed by atoms with Crippen LogP contribution >= 0.6 is 0 Å². The van der Waals surface area contributed by atoms with Gasteiger partial charge < -0.3 is 20.2 Å². The number of benzene rings is 1. The van der Waals surface area contributed by atoms with Gasteiger partial charge in [-0.25, -0.2) is 13.8 Å². The average molecular weight is 411 g/mol. The number of rotatable bonds is 8. The third-order valence-corrected chi connectivity index (χ3v) is 3.95. The quantitative estimate of drug-likeness (QED) is 0.312. The molecule has 3 rings (SSSR count). The molecule has 0 amide bonds. The van der Waals surface area contributed by atoms with Gasteiger partial charge in [0.05, 0.1) is 36.9 Å². The zero-order chi connectivity index (χ0) is 20.8. The normalized spacial score (nSPS) is 15.1. The molecule has 2 N–H and O–H groups in total. The monoisotopic (exact) mass is 411 g/mol. The molecule has 0 saturated carbocycles. The minimum Gasteiger partial charge on any atom is -0.471 e. The van der Waals surface area contributed by atoms with Crippen molar-refractivity contribution in [1.29, 1.82) is 0 Å². The molecule has 0 radical (unpaired) electrons. The molecule has 1 saturated heterocycles. The van der Waals surface area contributed by atoms with Crippen molar-refractivity contribution in [2.75, 3.05) is 24.6 Å². The van der Waals surface area contributed by atoms with Crippen molar-refractivity contribution >= 4 is 23.3 Å². The second-order valence-corrected chi connectivity index (χ2v) is 6.02. The summed E-state index contributed by atoms with van der Waals surface area (Å²) in [5.74, 6) is 4.04. The SMILES string of the molecule is NN=C(C=Nc1ccc(F)c(OC(F)F)c1)COc1ccc(N2CC(F)C2)cn1. The minimum absolute atomic E-state index is 0.0653. The van der Waals surface area contributed by atoms with E-state index in [-0.39, 0.29) is 18.0 Å². The number of ether oxygens (including phenoxy) is 2. The van der Waals surface area contributed by atoms with Gasteiger partial charge in [0.2, 0.25) is 5.88 Å². The lowest BCUT2D eigenvalue weighted by Gasteiger charge is -2.36. The van der Waals surface area contributed by atoms with Crippen molar-refractivity contribution in [2.45, 2.75) is 12.8 Å². The first-order valence-corrected chi connectivity index (χ1v) is 8.47. The van der Waals surface area contributed by atoms with E-state index in [9.17, 15) is 17.6 Å². The van der Waals surface area contributed by atoms with E-state index in [4.69, 9.17) is 10.6 Å². The van der Waals surface area contributed by atoms with Gasteiger partial charge in [-0.3, -0.25) is 4.99 Å². The first kappa shape index (κ1) is 20.4. The van der Waals surface area contributed by atoms with Crippen LogP contribution in [0.5, 0.6) is 11.6 Å². The number of halogens is 4. The molecule has 29 heavy (non-hydrogen) atoms. The molecule has 0 atom stereocenters. The molecule has 154 valence electrons. The van der Waals surface area contributed by atoms with Crippen LogP contribution in [0, 0.1) is 5.82 Å². The maximum atomic E-state index is 13.4. The van der Waals surface area contributed by atoms with E-state index in [1.165, 1.54) is 12.3 Å². The van der Waals surface area contributed by atoms with Crippen LogP contribution in [0.3, 0.4) is 0 Å². The Bertz CT molecular complexity index is 886. The Morgan fingerprint density at radius 1 is 1.31 bits per heavy atom. The van der Waals surface area contributed by atoms with Gasteiger partial charge in [0.25, 0.3) is 0 Å². The molecule has 11 heteroatoms. The van der Waals surface area contributed by atoms with E-state index >= 15 is 0 Å². The zero-order valence-electron chi connectivity index (χ0n) is 15.0. The lowest BCUT2D eigenvalue weighted by molar-refractivity contribution is -0.0521. The van der Waals surface area contributed by atoms with E-state index in [1.54, 1.807) is 18.3 Å². The van der Waals surface area contributed by atoms with Crippen LogP contribution in [0.4, 0.5) is 28.9 Å². The number of hydrogen-bond donors (Lipinski definition) is 1. The predicted molar refractivity (Wildman–Crippen MR) is 99.6 cm³/mol. The highest BCUT2D eigenvalue weighted by molar-refractivity contribution is 6.31. The number of alkyl halides is 3. The van der Waals surface area contributed by atoms with Gasteiger partial charge in [0, 0.05) is 12.1 Å². The van der Waals surface area contributed by atoms with Crippen LogP contribution in [0.1, 0.15) is 0 Å². The van der Waals surface area contributed by atoms with Gasteiger partial charge in [-0.15, -0.1) is 0 Å². The fourth-order valence-corrected chi connectivity index (χ4v) is 2.44. The maximum absolute atomic E-state index is 13.4. The molecule has 1 fully saturated rings. The summed E-state index contributed by atoms with van der Waals surface area (Å²) < 4.78 is 60.4. The molecule has 1 aromatic heterocycles. The molecular formula is C18H17F4N5O2. The molecule has 1 aliphatic heterocycles. The van der Waals surface area contributed by atoms with Gasteiger partial charge in [0.1, 0.15) is 18.5 Å². The van der Waals surface area contributed by atoms with Crippen molar-refractivity contribution < 1.29 is 27.0 Å². The van der Waals surface area contributed by atoms with E-state index in [0.717, 1.165) is 17.8 Å². The van der Waals surface area contributed by atoms with Gasteiger partial charge in [0.15, 0.2) is 11.6 Å². The Kier molecular flexibility index (Phi) is 6.47. The van der Waals surface area contributed by atoms with Crippen LogP contribution in [0.25, 0.3) is 0 Å². The molecule has 1 aromatic carbocycles. The van der Waals surface area contributed by atoms with Crippen molar-refractivity contribution in [3.05, 3.63) is 42.3 Å². The Hall–Kier alpha value is -3.37. The van der Waals surface area contributed by atoms with E-state index in [0.29, 0.717) is 19.0 Å². The summed E-state index contributed by atoms with van der Waals surface area (Å²) >= 11 is 0. The van der Waals surface area contributed by atoms with E-state index in [2.05, 4.69) is 19.8 Å². The standard InChI is InChI=1S/C18H17F4N5O2/c19-11-8-27(9-11)14-2-4-17(25-7-14)28-10-13(26-23)6-24-12-1-3-15(20)16(5-12)29-18(21)22/h1-7,11,18H,8-10,23H2. The van der Waals surface area contributed by atoms with Gasteiger partial charge in [-0.2, -0.15) is 13.9 Å². The highest BCUT2D eigenvalue weighted by Crippen LogP contribution is 2.25. The van der Waals surface area contributed by atoms with Gasteiger partial charge >= 0.3 is 6.61 Å². The van der Waals surface area contributed by atoms with Crippen LogP contribution in [-0.2, 0) is 0 Å². The van der Waals surface area contributed by atoms with E-state index < -0.39 is 24.3 Å². The average Bonchev–Trinajstić information content (AvgIpc) is 2.68. The number of aliphatic imine (C=N–C) groups is 1. The van der Waals surface area contributed by atoms with Gasteiger partial charge in [-0.05, 0) is 18.2 Å². The number of hydrazone groups is 1. The molecule has 7 nitrogen and oxygen atoms in total. The Labute approximate surface area is 163 Å². The number of nitrogens with two attached hydrogens (primary N) is 1. The number of pyridine rings is 1. The van der Waals surface area contributed by atoms with Crippen LogP contribution in [-0.4, -0.2) is 49.4 Å². The van der Waals surface area contributed by atoms with Crippen molar-refractivity contribution in [3.8, 4) is 11.6 Å². The van der Waals surface area contributed by atoms with Crippen molar-refractivity contribution in [2.24, 2.45) is 15.9 Å². The second kappa shape index (κ2) is 9.22. The highest BCUT2D eigenvalue weighted by Gasteiger charge is 2.26. The van der Waals surface area contributed by atoms with Crippen LogP contribution < -0.4 is 20.2 Å². The summed E-state index contributed by atoms with van der Waals surface area (Å²) in [5, 5.41) is 3.52. The van der Waals surface area contributed by atoms with Crippen LogP contribution in [0.2, 0.25) is 0 Å². The summed E-state index contributed by atoms with van der Waals surface area (Å²) in [5.41, 5.74) is 1.17. The second-order valence-electron chi connectivity index (χ2n) is 6.02. The number of hydrogen-bond acceptors (Lipinski definition) is 7. The molecule has 1 aliphatic rings. The van der Waals surface area contributed by atoms with E-state index in [1.807, 2.05) is 4.90 Å². The first-order valence-electron chi connectivity index (χ1n) is 8.47. The molecule has 0 unspecified atom stereocenters. The van der Waals surface area contributed by atoms with Crippen molar-refractivity contribution in [1.82, 2.24) is 4.98 Å². The smallest absolute Gasteiger partial charge is 0.387 e. The Morgan fingerprint density at radius 2 is 2.10 bits per heavy atom. The molecule has 2 aromatic rings. The molecular weight excluding hydrogens is 394 g/mol. The third-order valence-electron chi connectivity index (χ3n) is 3.95. The molecule has 2 heterocycles. The third kappa shape index (κ3) is 5.56. The summed E-state index contributed by atoms with van der Waals surface area (Å²) in [6, 6.07) is 6.63. The molecule has 0 aliphatic carbocycles. The number of anilines is 1. The maximum Gasteiger partial charge on any atom is 0.387 e.